The van der Waals surface area contributed by atoms with E-state index in [1.165, 1.54) is 7.11 Å². The lowest BCUT2D eigenvalue weighted by Gasteiger charge is -2.13. The number of fused-ring (bicyclic) bond motifs is 1. The van der Waals surface area contributed by atoms with E-state index in [-0.39, 0.29) is 11.6 Å². The van der Waals surface area contributed by atoms with Gasteiger partial charge in [-0.2, -0.15) is 10.4 Å². The van der Waals surface area contributed by atoms with Gasteiger partial charge in [-0.25, -0.2) is 4.98 Å². The molecule has 0 atom stereocenters. The number of nitrogens with zero attached hydrogens (tertiary/aromatic N) is 3. The highest BCUT2D eigenvalue weighted by Gasteiger charge is 2.20. The maximum atomic E-state index is 12.6. The molecule has 2 heterocycles. The summed E-state index contributed by atoms with van der Waals surface area (Å²) in [6.45, 7) is 3.50. The van der Waals surface area contributed by atoms with E-state index in [0.717, 1.165) is 0 Å². The first-order valence-corrected chi connectivity index (χ1v) is 7.74. The summed E-state index contributed by atoms with van der Waals surface area (Å²) in [5, 5.41) is 19.8. The van der Waals surface area contributed by atoms with Gasteiger partial charge in [-0.3, -0.25) is 9.89 Å². The Morgan fingerprint density at radius 1 is 1.36 bits per heavy atom. The Balaban J connectivity index is 1.99. The third-order valence-electron chi connectivity index (χ3n) is 4.01. The average molecular weight is 356 g/mol. The third kappa shape index (κ3) is 2.88. The van der Waals surface area contributed by atoms with Gasteiger partial charge >= 0.3 is 0 Å². The van der Waals surface area contributed by atoms with Crippen LogP contribution in [0.1, 0.15) is 27.2 Å². The maximum Gasteiger partial charge on any atom is 0.274 e. The number of H-pyrrole nitrogens is 1. The van der Waals surface area contributed by atoms with Crippen molar-refractivity contribution < 1.29 is 9.53 Å². The van der Waals surface area contributed by atoms with Crippen LogP contribution in [0.4, 0.5) is 5.69 Å². The molecule has 0 aliphatic rings. The number of ether oxygens (including phenoxy) is 1. The molecule has 3 rings (SSSR count). The summed E-state index contributed by atoms with van der Waals surface area (Å²) in [5.74, 6) is -0.272. The number of halogens is 1. The summed E-state index contributed by atoms with van der Waals surface area (Å²) in [6, 6.07) is 7.25. The number of hydrogen-bond acceptors (Lipinski definition) is 5. The molecule has 2 N–H and O–H groups in total. The number of nitriles is 1. The predicted molar refractivity (Wildman–Crippen MR) is 94.0 cm³/mol. The summed E-state index contributed by atoms with van der Waals surface area (Å²) in [5.41, 5.74) is 3.07. The highest BCUT2D eigenvalue weighted by atomic mass is 35.5. The summed E-state index contributed by atoms with van der Waals surface area (Å²) in [4.78, 5) is 16.8. The van der Waals surface area contributed by atoms with Crippen LogP contribution in [0.3, 0.4) is 0 Å². The van der Waals surface area contributed by atoms with Crippen LogP contribution in [-0.2, 0) is 0 Å². The van der Waals surface area contributed by atoms with Gasteiger partial charge in [0.1, 0.15) is 22.5 Å². The number of aromatic amines is 1. The minimum atomic E-state index is -0.401. The van der Waals surface area contributed by atoms with Crippen molar-refractivity contribution >= 4 is 34.1 Å². The number of carbonyl (C=O) groups excluding carboxylic acids is 1. The molecule has 0 spiro atoms. The zero-order chi connectivity index (χ0) is 18.1. The van der Waals surface area contributed by atoms with Crippen LogP contribution in [0.2, 0.25) is 5.15 Å². The van der Waals surface area contributed by atoms with Gasteiger partial charge in [0, 0.05) is 11.1 Å². The summed E-state index contributed by atoms with van der Waals surface area (Å²) < 4.78 is 5.13. The first-order chi connectivity index (χ1) is 12.0. The first-order valence-electron chi connectivity index (χ1n) is 7.36. The van der Waals surface area contributed by atoms with E-state index in [9.17, 15) is 10.1 Å². The number of aromatic nitrogens is 3. The molecule has 2 aromatic heterocycles. The fraction of sp³-hybridized carbons (Fsp3) is 0.176. The van der Waals surface area contributed by atoms with Crippen molar-refractivity contribution in [2.24, 2.45) is 0 Å². The molecule has 1 aromatic carbocycles. The number of methoxy groups -OCH3 is 1. The lowest BCUT2D eigenvalue weighted by atomic mass is 10.0. The van der Waals surface area contributed by atoms with Crippen molar-refractivity contribution in [1.82, 2.24) is 15.2 Å². The van der Waals surface area contributed by atoms with Crippen LogP contribution in [0.15, 0.2) is 18.2 Å². The molecule has 3 aromatic rings. The second kappa shape index (κ2) is 6.42. The van der Waals surface area contributed by atoms with Crippen molar-refractivity contribution in [1.29, 1.82) is 5.26 Å². The maximum absolute atomic E-state index is 12.6. The van der Waals surface area contributed by atoms with Gasteiger partial charge in [-0.15, -0.1) is 0 Å². The fourth-order valence-electron chi connectivity index (χ4n) is 2.51. The molecule has 126 valence electrons. The average Bonchev–Trinajstić information content (AvgIpc) is 2.97. The summed E-state index contributed by atoms with van der Waals surface area (Å²) in [6.07, 6.45) is 0. The molecular weight excluding hydrogens is 342 g/mol. The molecule has 0 radical (unpaired) electrons. The van der Waals surface area contributed by atoms with Gasteiger partial charge in [0.05, 0.1) is 12.6 Å². The highest BCUT2D eigenvalue weighted by molar-refractivity contribution is 6.34. The van der Waals surface area contributed by atoms with Crippen molar-refractivity contribution in [3.8, 4) is 11.9 Å². The SMILES string of the molecule is COc1nc(C(=O)Nc2ccc3n[nH]c(Cl)c3c2)c(C)c(C)c1C#N. The van der Waals surface area contributed by atoms with Crippen LogP contribution >= 0.6 is 11.6 Å². The molecule has 0 saturated heterocycles. The minimum absolute atomic E-state index is 0.129. The van der Waals surface area contributed by atoms with E-state index in [1.54, 1.807) is 32.0 Å². The second-order valence-corrected chi connectivity index (χ2v) is 5.81. The molecule has 0 bridgehead atoms. The fourth-order valence-corrected chi connectivity index (χ4v) is 2.71. The lowest BCUT2D eigenvalue weighted by Crippen LogP contribution is -2.17. The smallest absolute Gasteiger partial charge is 0.274 e. The van der Waals surface area contributed by atoms with E-state index in [2.05, 4.69) is 26.6 Å². The van der Waals surface area contributed by atoms with E-state index < -0.39 is 5.91 Å². The third-order valence-corrected chi connectivity index (χ3v) is 4.29. The Kier molecular flexibility index (Phi) is 4.30. The standard InChI is InChI=1S/C17H14ClN5O2/c1-8-9(2)14(21-17(25-3)12(8)7-19)16(24)20-10-4-5-13-11(6-10)15(18)23-22-13/h4-6H,1-3H3,(H,20,24)(H,22,23). The van der Waals surface area contributed by atoms with E-state index in [1.807, 2.05) is 0 Å². The molecule has 1 amide bonds. The molecule has 0 aliphatic heterocycles. The van der Waals surface area contributed by atoms with Gasteiger partial charge in [-0.05, 0) is 43.2 Å². The molecular formula is C17H14ClN5O2. The molecule has 7 nitrogen and oxygen atoms in total. The van der Waals surface area contributed by atoms with Crippen LogP contribution in [0.5, 0.6) is 5.88 Å². The largest absolute Gasteiger partial charge is 0.480 e. The Bertz CT molecular complexity index is 1040. The number of anilines is 1. The number of pyridine rings is 1. The lowest BCUT2D eigenvalue weighted by molar-refractivity contribution is 0.102. The Hall–Kier alpha value is -3.11. The van der Waals surface area contributed by atoms with Crippen molar-refractivity contribution in [3.63, 3.8) is 0 Å². The molecule has 0 fully saturated rings. The number of rotatable bonds is 3. The molecule has 0 unspecified atom stereocenters. The number of nitrogens with one attached hydrogen (secondary N) is 2. The zero-order valence-corrected chi connectivity index (χ0v) is 14.5. The quantitative estimate of drug-likeness (QED) is 0.749. The van der Waals surface area contributed by atoms with Crippen LogP contribution in [0.25, 0.3) is 10.9 Å². The monoisotopic (exact) mass is 355 g/mol. The minimum Gasteiger partial charge on any atom is -0.480 e. The zero-order valence-electron chi connectivity index (χ0n) is 13.8. The van der Waals surface area contributed by atoms with Crippen LogP contribution < -0.4 is 10.1 Å². The van der Waals surface area contributed by atoms with Gasteiger partial charge in [-0.1, -0.05) is 11.6 Å². The molecule has 8 heteroatoms. The number of carbonyl (C=O) groups is 1. The first kappa shape index (κ1) is 16.7. The van der Waals surface area contributed by atoms with Crippen molar-refractivity contribution in [3.05, 3.63) is 45.7 Å². The van der Waals surface area contributed by atoms with Crippen LogP contribution in [-0.4, -0.2) is 28.2 Å². The van der Waals surface area contributed by atoms with E-state index in [4.69, 9.17) is 16.3 Å². The van der Waals surface area contributed by atoms with E-state index in [0.29, 0.717) is 38.4 Å². The number of benzene rings is 1. The van der Waals surface area contributed by atoms with Crippen molar-refractivity contribution in [2.45, 2.75) is 13.8 Å². The Morgan fingerprint density at radius 3 is 2.80 bits per heavy atom. The van der Waals surface area contributed by atoms with Gasteiger partial charge < -0.3 is 10.1 Å². The number of hydrogen-bond donors (Lipinski definition) is 2. The summed E-state index contributed by atoms with van der Waals surface area (Å²) in [7, 11) is 1.41. The number of amides is 1. The highest BCUT2D eigenvalue weighted by Crippen LogP contribution is 2.26. The molecule has 0 aliphatic carbocycles. The second-order valence-electron chi connectivity index (χ2n) is 5.43. The van der Waals surface area contributed by atoms with E-state index >= 15 is 0 Å². The Labute approximate surface area is 148 Å². The topological polar surface area (TPSA) is 104 Å². The van der Waals surface area contributed by atoms with Gasteiger partial charge in [0.25, 0.3) is 5.91 Å². The molecule has 25 heavy (non-hydrogen) atoms. The normalized spacial score (nSPS) is 10.5. The predicted octanol–water partition coefficient (Wildman–Crippen LogP) is 3.36. The van der Waals surface area contributed by atoms with Crippen LogP contribution in [0, 0.1) is 25.2 Å². The Morgan fingerprint density at radius 2 is 2.12 bits per heavy atom. The van der Waals surface area contributed by atoms with Gasteiger partial charge in [0.2, 0.25) is 5.88 Å². The molecule has 0 saturated carbocycles. The van der Waals surface area contributed by atoms with Crippen molar-refractivity contribution in [2.75, 3.05) is 12.4 Å². The summed E-state index contributed by atoms with van der Waals surface area (Å²) >= 11 is 6.03. The van der Waals surface area contributed by atoms with Gasteiger partial charge in [0.15, 0.2) is 0 Å².